The Balaban J connectivity index is 1.52. The summed E-state index contributed by atoms with van der Waals surface area (Å²) in [5.74, 6) is -0.141. The fourth-order valence-corrected chi connectivity index (χ4v) is 4.51. The number of hydrogen-bond donors (Lipinski definition) is 0. The van der Waals surface area contributed by atoms with Crippen molar-refractivity contribution in [3.05, 3.63) is 35.4 Å². The van der Waals surface area contributed by atoms with Crippen LogP contribution < -0.4 is 0 Å². The van der Waals surface area contributed by atoms with Gasteiger partial charge in [-0.05, 0) is 43.4 Å². The summed E-state index contributed by atoms with van der Waals surface area (Å²) >= 11 is 0. The Kier molecular flexibility index (Phi) is 13.3. The summed E-state index contributed by atoms with van der Waals surface area (Å²) in [4.78, 5) is 26.3. The number of amides is 2. The summed E-state index contributed by atoms with van der Waals surface area (Å²) < 4.78 is 0. The van der Waals surface area contributed by atoms with Crippen LogP contribution in [-0.2, 0) is 11.2 Å². The molecule has 1 aliphatic heterocycles. The van der Waals surface area contributed by atoms with Gasteiger partial charge in [0.25, 0.3) is 5.91 Å². The molecule has 0 bridgehead atoms. The van der Waals surface area contributed by atoms with Gasteiger partial charge in [0, 0.05) is 18.5 Å². The minimum absolute atomic E-state index is 0.0152. The van der Waals surface area contributed by atoms with Crippen LogP contribution in [0.2, 0.25) is 0 Å². The van der Waals surface area contributed by atoms with Crippen LogP contribution in [0, 0.1) is 0 Å². The molecule has 0 unspecified atom stereocenters. The van der Waals surface area contributed by atoms with Gasteiger partial charge >= 0.3 is 0 Å². The van der Waals surface area contributed by atoms with E-state index in [9.17, 15) is 9.59 Å². The molecule has 1 saturated heterocycles. The van der Waals surface area contributed by atoms with Gasteiger partial charge in [-0.3, -0.25) is 14.5 Å². The van der Waals surface area contributed by atoms with E-state index in [1.807, 2.05) is 12.1 Å². The average Bonchev–Trinajstić information content (AvgIpc) is 3.01. The molecule has 1 fully saturated rings. The third-order valence-corrected chi connectivity index (χ3v) is 6.59. The third-order valence-electron chi connectivity index (χ3n) is 6.59. The van der Waals surface area contributed by atoms with E-state index in [0.717, 1.165) is 25.7 Å². The number of aryl methyl sites for hydroxylation is 1. The zero-order chi connectivity index (χ0) is 22.2. The molecular weight excluding hydrogens is 382 g/mol. The summed E-state index contributed by atoms with van der Waals surface area (Å²) in [5, 5.41) is 0. The molecule has 1 aromatic rings. The lowest BCUT2D eigenvalue weighted by molar-refractivity contribution is -0.128. The second kappa shape index (κ2) is 16.1. The van der Waals surface area contributed by atoms with E-state index in [4.69, 9.17) is 0 Å². The first kappa shape index (κ1) is 25.6. The lowest BCUT2D eigenvalue weighted by Crippen LogP contribution is -2.36. The number of hydrogen-bond acceptors (Lipinski definition) is 2. The van der Waals surface area contributed by atoms with Crippen LogP contribution in [0.15, 0.2) is 24.3 Å². The number of likely N-dealkylation sites (tertiary alicyclic amines) is 1. The normalized spacial score (nSPS) is 14.6. The SMILES string of the molecule is CCCCCCCCCCCCCCCc1ccc(C(=O)N2CCCCCC2=O)cc1. The van der Waals surface area contributed by atoms with E-state index < -0.39 is 0 Å². The van der Waals surface area contributed by atoms with Crippen molar-refractivity contribution >= 4 is 11.8 Å². The first-order valence-corrected chi connectivity index (χ1v) is 13.2. The van der Waals surface area contributed by atoms with E-state index in [0.29, 0.717) is 18.5 Å². The number of carbonyl (C=O) groups is 2. The maximum atomic E-state index is 12.7. The summed E-state index contributed by atoms with van der Waals surface area (Å²) in [6, 6.07) is 7.93. The van der Waals surface area contributed by atoms with Crippen LogP contribution in [-0.4, -0.2) is 23.3 Å². The molecule has 3 nitrogen and oxygen atoms in total. The summed E-state index contributed by atoms with van der Waals surface area (Å²) in [5.41, 5.74) is 1.94. The van der Waals surface area contributed by atoms with Crippen molar-refractivity contribution in [2.24, 2.45) is 0 Å². The lowest BCUT2D eigenvalue weighted by atomic mass is 10.0. The highest BCUT2D eigenvalue weighted by atomic mass is 16.2. The molecule has 0 atom stereocenters. The van der Waals surface area contributed by atoms with Crippen molar-refractivity contribution in [2.45, 2.75) is 122 Å². The fourth-order valence-electron chi connectivity index (χ4n) is 4.51. The molecule has 1 aliphatic rings. The molecule has 31 heavy (non-hydrogen) atoms. The quantitative estimate of drug-likeness (QED) is 0.211. The van der Waals surface area contributed by atoms with Gasteiger partial charge in [-0.2, -0.15) is 0 Å². The highest BCUT2D eigenvalue weighted by Crippen LogP contribution is 2.17. The average molecular weight is 428 g/mol. The molecule has 174 valence electrons. The smallest absolute Gasteiger partial charge is 0.260 e. The van der Waals surface area contributed by atoms with Gasteiger partial charge in [-0.1, -0.05) is 103 Å². The van der Waals surface area contributed by atoms with E-state index in [1.165, 1.54) is 93.9 Å². The van der Waals surface area contributed by atoms with Gasteiger partial charge in [-0.25, -0.2) is 0 Å². The van der Waals surface area contributed by atoms with Gasteiger partial charge in [0.2, 0.25) is 5.91 Å². The van der Waals surface area contributed by atoms with Crippen LogP contribution in [0.1, 0.15) is 132 Å². The monoisotopic (exact) mass is 427 g/mol. The second-order valence-electron chi connectivity index (χ2n) is 9.35. The first-order valence-electron chi connectivity index (χ1n) is 13.2. The Labute approximate surface area is 191 Å². The number of rotatable bonds is 15. The van der Waals surface area contributed by atoms with Crippen molar-refractivity contribution in [2.75, 3.05) is 6.54 Å². The van der Waals surface area contributed by atoms with Crippen molar-refractivity contribution < 1.29 is 9.59 Å². The largest absolute Gasteiger partial charge is 0.279 e. The number of nitrogens with zero attached hydrogens (tertiary/aromatic N) is 1. The van der Waals surface area contributed by atoms with Gasteiger partial charge in [0.1, 0.15) is 0 Å². The Morgan fingerprint density at radius 3 is 1.87 bits per heavy atom. The second-order valence-corrected chi connectivity index (χ2v) is 9.35. The van der Waals surface area contributed by atoms with Crippen LogP contribution in [0.25, 0.3) is 0 Å². The molecule has 0 radical (unpaired) electrons. The van der Waals surface area contributed by atoms with Crippen molar-refractivity contribution in [3.63, 3.8) is 0 Å². The molecule has 1 aromatic carbocycles. The van der Waals surface area contributed by atoms with Gasteiger partial charge < -0.3 is 0 Å². The molecule has 0 aromatic heterocycles. The molecule has 2 rings (SSSR count). The zero-order valence-electron chi connectivity index (χ0n) is 20.0. The molecule has 0 N–H and O–H groups in total. The van der Waals surface area contributed by atoms with Crippen LogP contribution in [0.5, 0.6) is 0 Å². The fraction of sp³-hybridized carbons (Fsp3) is 0.714. The minimum Gasteiger partial charge on any atom is -0.279 e. The third kappa shape index (κ3) is 10.5. The van der Waals surface area contributed by atoms with E-state index in [2.05, 4.69) is 19.1 Å². The lowest BCUT2D eigenvalue weighted by Gasteiger charge is -2.18. The van der Waals surface area contributed by atoms with Crippen molar-refractivity contribution in [3.8, 4) is 0 Å². The zero-order valence-corrected chi connectivity index (χ0v) is 20.0. The van der Waals surface area contributed by atoms with Gasteiger partial charge in [-0.15, -0.1) is 0 Å². The molecule has 0 spiro atoms. The standard InChI is InChI=1S/C28H45NO2/c1-2-3-4-5-6-7-8-9-10-11-12-13-15-18-25-20-22-26(23-21-25)28(31)29-24-17-14-16-19-27(29)30/h20-23H,2-19,24H2,1H3. The number of benzene rings is 1. The van der Waals surface area contributed by atoms with Crippen LogP contribution in [0.3, 0.4) is 0 Å². The predicted octanol–water partition coefficient (Wildman–Crippen LogP) is 7.86. The maximum Gasteiger partial charge on any atom is 0.260 e. The van der Waals surface area contributed by atoms with E-state index in [1.54, 1.807) is 0 Å². The number of carbonyl (C=O) groups excluding carboxylic acids is 2. The van der Waals surface area contributed by atoms with Crippen molar-refractivity contribution in [1.29, 1.82) is 0 Å². The summed E-state index contributed by atoms with van der Waals surface area (Å²) in [6.45, 7) is 2.85. The molecular formula is C28H45NO2. The molecule has 3 heteroatoms. The van der Waals surface area contributed by atoms with Crippen LogP contribution >= 0.6 is 0 Å². The number of imide groups is 1. The predicted molar refractivity (Wildman–Crippen MR) is 130 cm³/mol. The molecule has 2 amide bonds. The Morgan fingerprint density at radius 2 is 1.29 bits per heavy atom. The maximum absolute atomic E-state index is 12.7. The Bertz CT molecular complexity index is 622. The van der Waals surface area contributed by atoms with Crippen LogP contribution in [0.4, 0.5) is 0 Å². The summed E-state index contributed by atoms with van der Waals surface area (Å²) in [7, 11) is 0. The highest BCUT2D eigenvalue weighted by Gasteiger charge is 2.23. The van der Waals surface area contributed by atoms with Crippen molar-refractivity contribution in [1.82, 2.24) is 4.90 Å². The first-order chi connectivity index (χ1) is 15.2. The molecule has 0 saturated carbocycles. The van der Waals surface area contributed by atoms with Gasteiger partial charge in [0.15, 0.2) is 0 Å². The molecule has 1 heterocycles. The van der Waals surface area contributed by atoms with E-state index >= 15 is 0 Å². The topological polar surface area (TPSA) is 37.4 Å². The summed E-state index contributed by atoms with van der Waals surface area (Å²) in [6.07, 6.45) is 22.3. The Hall–Kier alpha value is -1.64. The van der Waals surface area contributed by atoms with Gasteiger partial charge in [0.05, 0.1) is 0 Å². The molecule has 0 aliphatic carbocycles. The Morgan fingerprint density at radius 1 is 0.742 bits per heavy atom. The minimum atomic E-state index is -0.126. The van der Waals surface area contributed by atoms with E-state index in [-0.39, 0.29) is 11.8 Å². The number of unbranched alkanes of at least 4 members (excludes halogenated alkanes) is 12. The highest BCUT2D eigenvalue weighted by molar-refractivity contribution is 6.04.